The highest BCUT2D eigenvalue weighted by molar-refractivity contribution is 5.93. The van der Waals surface area contributed by atoms with Crippen molar-refractivity contribution in [2.24, 2.45) is 23.5 Å². The maximum Gasteiger partial charge on any atom is 0.305 e. The summed E-state index contributed by atoms with van der Waals surface area (Å²) in [6.07, 6.45) is 4.40. The average molecular weight is 353 g/mol. The van der Waals surface area contributed by atoms with Crippen molar-refractivity contribution in [1.29, 1.82) is 0 Å². The number of benzene rings is 1. The lowest BCUT2D eigenvalue weighted by molar-refractivity contribution is -0.140. The zero-order chi connectivity index (χ0) is 16.4. The molecule has 0 spiro atoms. The van der Waals surface area contributed by atoms with E-state index in [0.717, 1.165) is 24.1 Å². The van der Waals surface area contributed by atoms with Crippen LogP contribution in [0.2, 0.25) is 0 Å². The van der Waals surface area contributed by atoms with E-state index in [0.29, 0.717) is 24.7 Å². The van der Waals surface area contributed by atoms with E-state index in [2.05, 4.69) is 10.1 Å². The average Bonchev–Trinajstić information content (AvgIpc) is 3.14. The lowest BCUT2D eigenvalue weighted by Gasteiger charge is -2.27. The van der Waals surface area contributed by atoms with Crippen LogP contribution in [0.5, 0.6) is 0 Å². The van der Waals surface area contributed by atoms with Gasteiger partial charge < -0.3 is 15.8 Å². The van der Waals surface area contributed by atoms with Gasteiger partial charge in [0.2, 0.25) is 5.91 Å². The van der Waals surface area contributed by atoms with Crippen LogP contribution < -0.4 is 11.1 Å². The molecule has 0 aromatic heterocycles. The number of aryl methyl sites for hydroxylation is 1. The van der Waals surface area contributed by atoms with Gasteiger partial charge >= 0.3 is 5.97 Å². The number of methoxy groups -OCH3 is 1. The smallest absolute Gasteiger partial charge is 0.305 e. The summed E-state index contributed by atoms with van der Waals surface area (Å²) in [5.74, 6) is 0.762. The highest BCUT2D eigenvalue weighted by Gasteiger charge is 2.49. The van der Waals surface area contributed by atoms with Gasteiger partial charge in [-0.1, -0.05) is 12.1 Å². The molecule has 6 heteroatoms. The van der Waals surface area contributed by atoms with Crippen molar-refractivity contribution in [2.75, 3.05) is 12.4 Å². The Morgan fingerprint density at radius 1 is 1.21 bits per heavy atom. The van der Waals surface area contributed by atoms with Crippen LogP contribution in [0.15, 0.2) is 24.3 Å². The van der Waals surface area contributed by atoms with Gasteiger partial charge in [0.15, 0.2) is 0 Å². The molecule has 2 bridgehead atoms. The highest BCUT2D eigenvalue weighted by Crippen LogP contribution is 2.47. The number of hydrogen-bond acceptors (Lipinski definition) is 4. The van der Waals surface area contributed by atoms with Crippen molar-refractivity contribution in [1.82, 2.24) is 0 Å². The number of esters is 1. The second-order valence-electron chi connectivity index (χ2n) is 6.70. The zero-order valence-corrected chi connectivity index (χ0v) is 14.7. The molecular formula is C18H25ClN2O3. The second kappa shape index (κ2) is 7.99. The maximum absolute atomic E-state index is 12.5. The highest BCUT2D eigenvalue weighted by atomic mass is 35.5. The molecule has 2 fully saturated rings. The van der Waals surface area contributed by atoms with E-state index in [1.165, 1.54) is 13.5 Å². The molecule has 24 heavy (non-hydrogen) atoms. The summed E-state index contributed by atoms with van der Waals surface area (Å²) in [7, 11) is 1.39. The number of fused-ring (bicyclic) bond motifs is 2. The Kier molecular flexibility index (Phi) is 6.24. The van der Waals surface area contributed by atoms with Gasteiger partial charge in [0, 0.05) is 18.2 Å². The molecule has 2 aliphatic rings. The fraction of sp³-hybridized carbons (Fsp3) is 0.556. The van der Waals surface area contributed by atoms with Gasteiger partial charge in [-0.15, -0.1) is 12.4 Å². The number of carbonyl (C=O) groups excluding carboxylic acids is 2. The van der Waals surface area contributed by atoms with Crippen LogP contribution >= 0.6 is 12.4 Å². The van der Waals surface area contributed by atoms with E-state index >= 15 is 0 Å². The predicted molar refractivity (Wildman–Crippen MR) is 95.0 cm³/mol. The first kappa shape index (κ1) is 18.7. The molecule has 2 aliphatic carbocycles. The summed E-state index contributed by atoms with van der Waals surface area (Å²) in [6.45, 7) is 0. The number of nitrogens with two attached hydrogens (primary N) is 1. The van der Waals surface area contributed by atoms with Gasteiger partial charge in [0.1, 0.15) is 0 Å². The zero-order valence-electron chi connectivity index (χ0n) is 13.9. The molecule has 0 saturated heterocycles. The molecule has 1 aromatic carbocycles. The number of halogens is 1. The third-order valence-corrected chi connectivity index (χ3v) is 5.35. The van der Waals surface area contributed by atoms with Gasteiger partial charge in [-0.3, -0.25) is 9.59 Å². The Hall–Kier alpha value is -1.59. The van der Waals surface area contributed by atoms with E-state index < -0.39 is 0 Å². The van der Waals surface area contributed by atoms with E-state index in [1.807, 2.05) is 24.3 Å². The Balaban J connectivity index is 0.00000208. The molecule has 0 radical (unpaired) electrons. The molecule has 0 aliphatic heterocycles. The van der Waals surface area contributed by atoms with Crippen LogP contribution in [0.25, 0.3) is 0 Å². The van der Waals surface area contributed by atoms with Crippen molar-refractivity contribution in [3.05, 3.63) is 29.8 Å². The third kappa shape index (κ3) is 3.90. The first-order chi connectivity index (χ1) is 11.1. The van der Waals surface area contributed by atoms with Gasteiger partial charge in [-0.05, 0) is 55.2 Å². The van der Waals surface area contributed by atoms with Gasteiger partial charge in [0.25, 0.3) is 0 Å². The third-order valence-electron chi connectivity index (χ3n) is 5.35. The van der Waals surface area contributed by atoms with Gasteiger partial charge in [0.05, 0.1) is 13.0 Å². The monoisotopic (exact) mass is 352 g/mol. The molecule has 3 rings (SSSR count). The Morgan fingerprint density at radius 3 is 2.46 bits per heavy atom. The van der Waals surface area contributed by atoms with Crippen LogP contribution in [0, 0.1) is 17.8 Å². The molecular weight excluding hydrogens is 328 g/mol. The second-order valence-corrected chi connectivity index (χ2v) is 6.70. The molecule has 2 saturated carbocycles. The van der Waals surface area contributed by atoms with Crippen molar-refractivity contribution in [2.45, 2.75) is 38.1 Å². The number of nitrogens with one attached hydrogen (secondary N) is 1. The van der Waals surface area contributed by atoms with Crippen LogP contribution in [-0.2, 0) is 20.7 Å². The predicted octanol–water partition coefficient (Wildman–Crippen LogP) is 2.53. The first-order valence-electron chi connectivity index (χ1n) is 8.30. The molecule has 1 amide bonds. The Labute approximate surface area is 148 Å². The minimum absolute atomic E-state index is 0. The Bertz CT molecular complexity index is 588. The molecule has 5 nitrogen and oxygen atoms in total. The molecule has 0 heterocycles. The molecule has 4 atom stereocenters. The lowest BCUT2D eigenvalue weighted by atomic mass is 9.84. The fourth-order valence-corrected chi connectivity index (χ4v) is 4.05. The van der Waals surface area contributed by atoms with E-state index in [-0.39, 0.29) is 36.2 Å². The lowest BCUT2D eigenvalue weighted by Crippen LogP contribution is -2.42. The van der Waals surface area contributed by atoms with E-state index in [4.69, 9.17) is 5.73 Å². The maximum atomic E-state index is 12.5. The number of ether oxygens (including phenoxy) is 1. The van der Waals surface area contributed by atoms with Crippen LogP contribution in [0.4, 0.5) is 5.69 Å². The van der Waals surface area contributed by atoms with Crippen LogP contribution in [0.3, 0.4) is 0 Å². The Morgan fingerprint density at radius 2 is 1.88 bits per heavy atom. The van der Waals surface area contributed by atoms with E-state index in [9.17, 15) is 9.59 Å². The number of rotatable bonds is 5. The number of carbonyl (C=O) groups is 2. The first-order valence-corrected chi connectivity index (χ1v) is 8.30. The summed E-state index contributed by atoms with van der Waals surface area (Å²) < 4.78 is 4.63. The number of anilines is 1. The summed E-state index contributed by atoms with van der Waals surface area (Å²) in [5, 5.41) is 2.99. The topological polar surface area (TPSA) is 81.4 Å². The largest absolute Gasteiger partial charge is 0.469 e. The van der Waals surface area contributed by atoms with Crippen molar-refractivity contribution in [3.8, 4) is 0 Å². The quantitative estimate of drug-likeness (QED) is 0.798. The minimum Gasteiger partial charge on any atom is -0.469 e. The summed E-state index contributed by atoms with van der Waals surface area (Å²) >= 11 is 0. The number of amides is 1. The molecule has 1 aromatic rings. The summed E-state index contributed by atoms with van der Waals surface area (Å²) in [5.41, 5.74) is 8.05. The molecule has 4 unspecified atom stereocenters. The van der Waals surface area contributed by atoms with Crippen molar-refractivity contribution < 1.29 is 14.3 Å². The standard InChI is InChI=1S/C18H24N2O3.ClH/c1-23-15(21)9-4-11-2-7-14(8-3-11)20-18(22)16-12-5-6-13(10-12)17(16)19;/h2-3,7-8,12-13,16-17H,4-6,9-10,19H2,1H3,(H,20,22);1H. The van der Waals surface area contributed by atoms with Crippen molar-refractivity contribution in [3.63, 3.8) is 0 Å². The summed E-state index contributed by atoms with van der Waals surface area (Å²) in [4.78, 5) is 23.6. The SMILES string of the molecule is COC(=O)CCc1ccc(NC(=O)C2C3CCC(C3)C2N)cc1.Cl. The van der Waals surface area contributed by atoms with Crippen molar-refractivity contribution >= 4 is 30.0 Å². The molecule has 132 valence electrons. The van der Waals surface area contributed by atoms with Gasteiger partial charge in [-0.25, -0.2) is 0 Å². The normalized spacial score (nSPS) is 27.4. The fourth-order valence-electron chi connectivity index (χ4n) is 4.05. The minimum atomic E-state index is -0.215. The summed E-state index contributed by atoms with van der Waals surface area (Å²) in [6, 6.07) is 7.62. The van der Waals surface area contributed by atoms with Crippen LogP contribution in [-0.4, -0.2) is 25.0 Å². The molecule has 3 N–H and O–H groups in total. The van der Waals surface area contributed by atoms with E-state index in [1.54, 1.807) is 0 Å². The number of hydrogen-bond donors (Lipinski definition) is 2. The van der Waals surface area contributed by atoms with Gasteiger partial charge in [-0.2, -0.15) is 0 Å². The van der Waals surface area contributed by atoms with Crippen LogP contribution in [0.1, 0.15) is 31.2 Å².